The molecule has 0 spiro atoms. The minimum atomic E-state index is 0.764. The fraction of sp³-hybridized carbons (Fsp3) is 1.00. The summed E-state index contributed by atoms with van der Waals surface area (Å²) in [5.41, 5.74) is 0. The summed E-state index contributed by atoms with van der Waals surface area (Å²) in [5, 5.41) is 0. The van der Waals surface area contributed by atoms with Crippen LogP contribution in [0.5, 0.6) is 0 Å². The molecule has 0 radical (unpaired) electrons. The lowest BCUT2D eigenvalue weighted by atomic mass is 9.86. The molecule has 2 fully saturated rings. The first kappa shape index (κ1) is 8.55. The van der Waals surface area contributed by atoms with Gasteiger partial charge >= 0.3 is 0 Å². The Labute approximate surface area is 76.1 Å². The van der Waals surface area contributed by atoms with Gasteiger partial charge in [-0.15, -0.1) is 0 Å². The van der Waals surface area contributed by atoms with Crippen molar-refractivity contribution in [3.8, 4) is 0 Å². The van der Waals surface area contributed by atoms with E-state index in [1.807, 2.05) is 0 Å². The molecule has 1 saturated heterocycles. The maximum atomic E-state index is 2.67. The molecule has 12 heavy (non-hydrogen) atoms. The Morgan fingerprint density at radius 2 is 1.58 bits per heavy atom. The van der Waals surface area contributed by atoms with Gasteiger partial charge in [-0.3, -0.25) is 0 Å². The van der Waals surface area contributed by atoms with Crippen molar-refractivity contribution in [2.45, 2.75) is 39.7 Å². The number of hydrogen-bond acceptors (Lipinski definition) is 1. The summed E-state index contributed by atoms with van der Waals surface area (Å²) in [7, 11) is 0. The van der Waals surface area contributed by atoms with Gasteiger partial charge in [-0.1, -0.05) is 6.92 Å². The molecule has 1 heterocycles. The zero-order chi connectivity index (χ0) is 8.72. The predicted molar refractivity (Wildman–Crippen MR) is 52.1 cm³/mol. The second-order valence-electron chi connectivity index (χ2n) is 5.00. The highest BCUT2D eigenvalue weighted by molar-refractivity contribution is 4.91. The van der Waals surface area contributed by atoms with Crippen LogP contribution in [0, 0.1) is 17.8 Å². The summed E-state index contributed by atoms with van der Waals surface area (Å²) in [5.74, 6) is 3.05. The molecule has 1 aliphatic heterocycles. The van der Waals surface area contributed by atoms with Crippen molar-refractivity contribution >= 4 is 0 Å². The van der Waals surface area contributed by atoms with Gasteiger partial charge in [0.1, 0.15) is 0 Å². The van der Waals surface area contributed by atoms with Crippen LogP contribution in [0.1, 0.15) is 33.6 Å². The van der Waals surface area contributed by atoms with Crippen LogP contribution in [0.3, 0.4) is 0 Å². The molecular formula is C11H21N. The second kappa shape index (κ2) is 3.02. The monoisotopic (exact) mass is 167 g/mol. The first-order valence-corrected chi connectivity index (χ1v) is 5.42. The van der Waals surface area contributed by atoms with E-state index in [1.165, 1.54) is 25.9 Å². The normalized spacial score (nSPS) is 42.5. The Balaban J connectivity index is 2.02. The van der Waals surface area contributed by atoms with Crippen LogP contribution in [0.15, 0.2) is 0 Å². The van der Waals surface area contributed by atoms with Crippen molar-refractivity contribution < 1.29 is 0 Å². The summed E-state index contributed by atoms with van der Waals surface area (Å²) in [4.78, 5) is 2.67. The topological polar surface area (TPSA) is 3.24 Å². The van der Waals surface area contributed by atoms with E-state index in [0.29, 0.717) is 0 Å². The van der Waals surface area contributed by atoms with Crippen molar-refractivity contribution in [1.29, 1.82) is 0 Å². The predicted octanol–water partition coefficient (Wildman–Crippen LogP) is 2.37. The summed E-state index contributed by atoms with van der Waals surface area (Å²) in [6.45, 7) is 9.86. The second-order valence-corrected chi connectivity index (χ2v) is 5.00. The minimum Gasteiger partial charge on any atom is -0.300 e. The number of piperidine rings is 1. The van der Waals surface area contributed by atoms with E-state index in [-0.39, 0.29) is 0 Å². The number of hydrogen-bond donors (Lipinski definition) is 0. The van der Waals surface area contributed by atoms with Crippen LogP contribution in [0.2, 0.25) is 0 Å². The molecule has 70 valence electrons. The van der Waals surface area contributed by atoms with Gasteiger partial charge in [0.05, 0.1) is 0 Å². The quantitative estimate of drug-likeness (QED) is 0.579. The molecule has 0 N–H and O–H groups in total. The molecule has 0 aromatic rings. The van der Waals surface area contributed by atoms with E-state index in [2.05, 4.69) is 25.7 Å². The summed E-state index contributed by atoms with van der Waals surface area (Å²) in [6.07, 6.45) is 2.99. The smallest absolute Gasteiger partial charge is 0.00388 e. The van der Waals surface area contributed by atoms with E-state index in [4.69, 9.17) is 0 Å². The van der Waals surface area contributed by atoms with Crippen LogP contribution < -0.4 is 0 Å². The fourth-order valence-corrected chi connectivity index (χ4v) is 2.95. The third kappa shape index (κ3) is 1.28. The van der Waals surface area contributed by atoms with E-state index < -0.39 is 0 Å². The number of nitrogens with zero attached hydrogens (tertiary/aromatic N) is 1. The largest absolute Gasteiger partial charge is 0.300 e. The zero-order valence-corrected chi connectivity index (χ0v) is 8.59. The Morgan fingerprint density at radius 1 is 1.08 bits per heavy atom. The molecule has 2 rings (SSSR count). The Bertz CT molecular complexity index is 150. The van der Waals surface area contributed by atoms with Crippen LogP contribution in [0.4, 0.5) is 0 Å². The molecule has 1 aliphatic carbocycles. The molecule has 0 aromatic carbocycles. The van der Waals surface area contributed by atoms with Crippen molar-refractivity contribution in [2.75, 3.05) is 13.1 Å². The van der Waals surface area contributed by atoms with Crippen LogP contribution in [-0.4, -0.2) is 24.0 Å². The highest BCUT2D eigenvalue weighted by Crippen LogP contribution is 2.41. The SMILES string of the molecule is CC1C2CCC1CN(C(C)C)C2. The van der Waals surface area contributed by atoms with Crippen LogP contribution in [0.25, 0.3) is 0 Å². The molecule has 0 aromatic heterocycles. The Morgan fingerprint density at radius 3 is 2.00 bits per heavy atom. The molecule has 1 heteroatoms. The lowest BCUT2D eigenvalue weighted by Gasteiger charge is -2.38. The van der Waals surface area contributed by atoms with Gasteiger partial charge in [-0.05, 0) is 44.4 Å². The summed E-state index contributed by atoms with van der Waals surface area (Å²) >= 11 is 0. The van der Waals surface area contributed by atoms with E-state index in [9.17, 15) is 0 Å². The van der Waals surface area contributed by atoms with Gasteiger partial charge in [0.25, 0.3) is 0 Å². The molecule has 2 bridgehead atoms. The summed E-state index contributed by atoms with van der Waals surface area (Å²) < 4.78 is 0. The Kier molecular flexibility index (Phi) is 2.16. The lowest BCUT2D eigenvalue weighted by Crippen LogP contribution is -2.44. The average molecular weight is 167 g/mol. The maximum Gasteiger partial charge on any atom is 0.00388 e. The third-order valence-electron chi connectivity index (χ3n) is 4.06. The van der Waals surface area contributed by atoms with Crippen LogP contribution in [-0.2, 0) is 0 Å². The first-order valence-electron chi connectivity index (χ1n) is 5.42. The fourth-order valence-electron chi connectivity index (χ4n) is 2.95. The summed E-state index contributed by atoms with van der Waals surface area (Å²) in [6, 6.07) is 0.764. The van der Waals surface area contributed by atoms with Gasteiger partial charge in [-0.2, -0.15) is 0 Å². The van der Waals surface area contributed by atoms with E-state index in [0.717, 1.165) is 23.8 Å². The molecule has 2 atom stereocenters. The molecule has 2 unspecified atom stereocenters. The molecule has 1 nitrogen and oxygen atoms in total. The molecule has 0 amide bonds. The van der Waals surface area contributed by atoms with E-state index in [1.54, 1.807) is 0 Å². The molecular weight excluding hydrogens is 146 g/mol. The molecule has 2 aliphatic rings. The number of fused-ring (bicyclic) bond motifs is 2. The van der Waals surface area contributed by atoms with Crippen LogP contribution >= 0.6 is 0 Å². The van der Waals surface area contributed by atoms with Crippen molar-refractivity contribution in [1.82, 2.24) is 4.90 Å². The highest BCUT2D eigenvalue weighted by Gasteiger charge is 2.39. The van der Waals surface area contributed by atoms with Gasteiger partial charge in [0.2, 0.25) is 0 Å². The average Bonchev–Trinajstić information content (AvgIpc) is 2.30. The number of likely N-dealkylation sites (tertiary alicyclic amines) is 1. The third-order valence-corrected chi connectivity index (χ3v) is 4.06. The maximum absolute atomic E-state index is 2.67. The molecule has 1 saturated carbocycles. The lowest BCUT2D eigenvalue weighted by molar-refractivity contribution is 0.0924. The zero-order valence-electron chi connectivity index (χ0n) is 8.59. The minimum absolute atomic E-state index is 0.764. The van der Waals surface area contributed by atoms with Gasteiger partial charge in [0, 0.05) is 19.1 Å². The van der Waals surface area contributed by atoms with Crippen molar-refractivity contribution in [2.24, 2.45) is 17.8 Å². The number of rotatable bonds is 1. The first-order chi connectivity index (χ1) is 5.68. The van der Waals surface area contributed by atoms with Gasteiger partial charge < -0.3 is 4.90 Å². The van der Waals surface area contributed by atoms with E-state index >= 15 is 0 Å². The van der Waals surface area contributed by atoms with Crippen molar-refractivity contribution in [3.05, 3.63) is 0 Å². The Hall–Kier alpha value is -0.0400. The van der Waals surface area contributed by atoms with Crippen molar-refractivity contribution in [3.63, 3.8) is 0 Å². The van der Waals surface area contributed by atoms with Gasteiger partial charge in [-0.25, -0.2) is 0 Å². The van der Waals surface area contributed by atoms with Gasteiger partial charge in [0.15, 0.2) is 0 Å². The standard InChI is InChI=1S/C11H21N/c1-8(2)12-6-10-4-5-11(7-12)9(10)3/h8-11H,4-7H2,1-3H3. The highest BCUT2D eigenvalue weighted by atomic mass is 15.2.